The van der Waals surface area contributed by atoms with Crippen molar-refractivity contribution in [1.82, 2.24) is 5.06 Å². The van der Waals surface area contributed by atoms with Gasteiger partial charge in [0.2, 0.25) is 0 Å². The number of aliphatic hydroxyl groups excluding tert-OH is 2. The molecule has 0 spiro atoms. The molecule has 2 fully saturated rings. The Morgan fingerprint density at radius 3 is 1.50 bits per heavy atom. The molecular formula is C12H17NO9. The topological polar surface area (TPSA) is 173 Å². The van der Waals surface area contributed by atoms with Crippen molar-refractivity contribution in [3.63, 3.8) is 0 Å². The summed E-state index contributed by atoms with van der Waals surface area (Å²) in [6, 6.07) is 0. The van der Waals surface area contributed by atoms with Crippen LogP contribution in [0.1, 0.15) is 25.7 Å². The molecule has 4 atom stereocenters. The zero-order valence-electron chi connectivity index (χ0n) is 11.5. The number of hydrogen-bond donors (Lipinski definition) is 5. The fraction of sp³-hybridized carbons (Fsp3) is 0.667. The van der Waals surface area contributed by atoms with E-state index in [1.807, 2.05) is 0 Å². The second-order valence-corrected chi connectivity index (χ2v) is 5.05. The van der Waals surface area contributed by atoms with Gasteiger partial charge in [-0.3, -0.25) is 14.8 Å². The standard InChI is InChI=1S/C8H11NO3.C4H6O6/c10-7-5-3-1-2-4-6(5)8(11)9(7)12;5-1(3(7)8)2(6)4(9)10/h5-6,12H,1-4H2;1-2,5-6H,(H,7,8)(H,9,10). The third kappa shape index (κ3) is 3.78. The third-order valence-corrected chi connectivity index (χ3v) is 3.62. The lowest BCUT2D eigenvalue weighted by atomic mass is 9.81. The molecule has 1 aliphatic carbocycles. The van der Waals surface area contributed by atoms with Crippen molar-refractivity contribution in [3.8, 4) is 0 Å². The van der Waals surface area contributed by atoms with E-state index in [0.717, 1.165) is 25.7 Å². The van der Waals surface area contributed by atoms with Crippen LogP contribution in [0.4, 0.5) is 0 Å². The van der Waals surface area contributed by atoms with Gasteiger partial charge in [0.05, 0.1) is 11.8 Å². The monoisotopic (exact) mass is 319 g/mol. The van der Waals surface area contributed by atoms with E-state index in [9.17, 15) is 19.2 Å². The average molecular weight is 319 g/mol. The molecule has 2 rings (SSSR count). The number of fused-ring (bicyclic) bond motifs is 1. The summed E-state index contributed by atoms with van der Waals surface area (Å²) < 4.78 is 0. The molecule has 0 aromatic carbocycles. The van der Waals surface area contributed by atoms with Gasteiger partial charge in [-0.25, -0.2) is 9.59 Å². The highest BCUT2D eigenvalue weighted by Crippen LogP contribution is 2.36. The molecule has 5 N–H and O–H groups in total. The van der Waals surface area contributed by atoms with Gasteiger partial charge in [0.1, 0.15) is 0 Å². The Morgan fingerprint density at radius 1 is 0.909 bits per heavy atom. The molecule has 1 saturated heterocycles. The minimum absolute atomic E-state index is 0.226. The molecule has 10 heteroatoms. The van der Waals surface area contributed by atoms with Crippen molar-refractivity contribution >= 4 is 23.8 Å². The summed E-state index contributed by atoms with van der Waals surface area (Å²) >= 11 is 0. The van der Waals surface area contributed by atoms with Crippen LogP contribution in [0.2, 0.25) is 0 Å². The quantitative estimate of drug-likeness (QED) is 0.304. The van der Waals surface area contributed by atoms with Crippen LogP contribution in [0.5, 0.6) is 0 Å². The Balaban J connectivity index is 0.000000225. The number of hydrogen-bond acceptors (Lipinski definition) is 7. The van der Waals surface area contributed by atoms with Crippen molar-refractivity contribution in [3.05, 3.63) is 0 Å². The van der Waals surface area contributed by atoms with Crippen molar-refractivity contribution in [2.24, 2.45) is 11.8 Å². The number of amides is 2. The average Bonchev–Trinajstić information content (AvgIpc) is 2.71. The van der Waals surface area contributed by atoms with Crippen LogP contribution in [0.3, 0.4) is 0 Å². The van der Waals surface area contributed by atoms with Crippen LogP contribution in [0.15, 0.2) is 0 Å². The Bertz CT molecular complexity index is 435. The SMILES string of the molecule is O=C(O)C(O)C(O)C(=O)O.O=C1C2CCCCC2C(=O)N1O. The molecule has 0 radical (unpaired) electrons. The highest BCUT2D eigenvalue weighted by Gasteiger charge is 2.47. The van der Waals surface area contributed by atoms with Gasteiger partial charge in [-0.15, -0.1) is 0 Å². The van der Waals surface area contributed by atoms with E-state index in [4.69, 9.17) is 25.6 Å². The summed E-state index contributed by atoms with van der Waals surface area (Å²) in [4.78, 5) is 42.0. The summed E-state index contributed by atoms with van der Waals surface area (Å²) in [6.07, 6.45) is -1.03. The minimum Gasteiger partial charge on any atom is -0.479 e. The summed E-state index contributed by atoms with van der Waals surface area (Å²) in [5.41, 5.74) is 0. The van der Waals surface area contributed by atoms with Gasteiger partial charge in [-0.05, 0) is 12.8 Å². The van der Waals surface area contributed by atoms with Crippen LogP contribution in [-0.2, 0) is 19.2 Å². The molecule has 10 nitrogen and oxygen atoms in total. The first-order valence-electron chi connectivity index (χ1n) is 6.57. The number of carbonyl (C=O) groups excluding carboxylic acids is 2. The number of aliphatic hydroxyl groups is 2. The molecule has 1 saturated carbocycles. The fourth-order valence-corrected chi connectivity index (χ4v) is 2.41. The number of imide groups is 1. The van der Waals surface area contributed by atoms with Gasteiger partial charge >= 0.3 is 11.9 Å². The van der Waals surface area contributed by atoms with Gasteiger partial charge in [-0.2, -0.15) is 5.06 Å². The molecule has 124 valence electrons. The van der Waals surface area contributed by atoms with Gasteiger partial charge < -0.3 is 20.4 Å². The molecule has 2 aliphatic rings. The summed E-state index contributed by atoms with van der Waals surface area (Å²) in [7, 11) is 0. The number of carbonyl (C=O) groups is 4. The number of aliphatic carboxylic acids is 2. The van der Waals surface area contributed by atoms with E-state index < -0.39 is 36.0 Å². The first kappa shape index (κ1) is 18.0. The number of nitrogens with zero attached hydrogens (tertiary/aromatic N) is 1. The second kappa shape index (κ2) is 7.29. The predicted molar refractivity (Wildman–Crippen MR) is 66.4 cm³/mol. The molecule has 0 bridgehead atoms. The maximum Gasteiger partial charge on any atom is 0.335 e. The van der Waals surface area contributed by atoms with E-state index >= 15 is 0 Å². The Labute approximate surface area is 124 Å². The number of carboxylic acids is 2. The summed E-state index contributed by atoms with van der Waals surface area (Å²) in [5.74, 6) is -4.79. The van der Waals surface area contributed by atoms with Crippen LogP contribution >= 0.6 is 0 Å². The molecular weight excluding hydrogens is 302 g/mol. The van der Waals surface area contributed by atoms with E-state index in [2.05, 4.69) is 0 Å². The van der Waals surface area contributed by atoms with Gasteiger partial charge in [0.15, 0.2) is 12.2 Å². The van der Waals surface area contributed by atoms with Crippen molar-refractivity contribution in [2.75, 3.05) is 0 Å². The van der Waals surface area contributed by atoms with Gasteiger partial charge in [0.25, 0.3) is 11.8 Å². The van der Waals surface area contributed by atoms with Crippen LogP contribution in [-0.4, -0.2) is 66.7 Å². The first-order chi connectivity index (χ1) is 10.2. The zero-order valence-corrected chi connectivity index (χ0v) is 11.5. The molecule has 0 aromatic rings. The largest absolute Gasteiger partial charge is 0.479 e. The van der Waals surface area contributed by atoms with Crippen LogP contribution in [0.25, 0.3) is 0 Å². The molecule has 1 aliphatic heterocycles. The second-order valence-electron chi connectivity index (χ2n) is 5.05. The van der Waals surface area contributed by atoms with Gasteiger partial charge in [-0.1, -0.05) is 12.8 Å². The van der Waals surface area contributed by atoms with Crippen molar-refractivity contribution < 1.29 is 44.8 Å². The fourth-order valence-electron chi connectivity index (χ4n) is 2.41. The number of rotatable bonds is 3. The maximum atomic E-state index is 11.2. The highest BCUT2D eigenvalue weighted by atomic mass is 16.5. The van der Waals surface area contributed by atoms with Crippen LogP contribution < -0.4 is 0 Å². The van der Waals surface area contributed by atoms with E-state index in [0.29, 0.717) is 5.06 Å². The van der Waals surface area contributed by atoms with E-state index in [1.165, 1.54) is 0 Å². The maximum absolute atomic E-state index is 11.2. The molecule has 4 unspecified atom stereocenters. The molecule has 22 heavy (non-hydrogen) atoms. The number of hydroxylamine groups is 2. The molecule has 0 aromatic heterocycles. The van der Waals surface area contributed by atoms with Crippen molar-refractivity contribution in [1.29, 1.82) is 0 Å². The van der Waals surface area contributed by atoms with E-state index in [-0.39, 0.29) is 11.8 Å². The van der Waals surface area contributed by atoms with Crippen molar-refractivity contribution in [2.45, 2.75) is 37.9 Å². The lowest BCUT2D eigenvalue weighted by Gasteiger charge is -2.19. The summed E-state index contributed by atoms with van der Waals surface area (Å²) in [5, 5.41) is 41.9. The molecule has 2 amide bonds. The van der Waals surface area contributed by atoms with Gasteiger partial charge in [0, 0.05) is 0 Å². The normalized spacial score (nSPS) is 26.6. The zero-order chi connectivity index (χ0) is 17.0. The predicted octanol–water partition coefficient (Wildman–Crippen LogP) is -1.57. The number of carboxylic acid groups (broad SMARTS) is 2. The third-order valence-electron chi connectivity index (χ3n) is 3.62. The first-order valence-corrected chi connectivity index (χ1v) is 6.57. The lowest BCUT2D eigenvalue weighted by Crippen LogP contribution is -2.39. The van der Waals surface area contributed by atoms with E-state index in [1.54, 1.807) is 0 Å². The Hall–Kier alpha value is -2.04. The van der Waals surface area contributed by atoms with Crippen LogP contribution in [0, 0.1) is 11.8 Å². The summed E-state index contributed by atoms with van der Waals surface area (Å²) in [6.45, 7) is 0. The highest BCUT2D eigenvalue weighted by molar-refractivity contribution is 6.03. The smallest absolute Gasteiger partial charge is 0.335 e. The Kier molecular flexibility index (Phi) is 5.97. The molecule has 1 heterocycles. The Morgan fingerprint density at radius 2 is 1.23 bits per heavy atom. The lowest BCUT2D eigenvalue weighted by molar-refractivity contribution is -0.173. The minimum atomic E-state index is -2.27.